The Hall–Kier alpha value is -2.14. The summed E-state index contributed by atoms with van der Waals surface area (Å²) < 4.78 is 1.05. The van der Waals surface area contributed by atoms with Crippen LogP contribution in [0.1, 0.15) is 28.8 Å². The zero-order valence-electron chi connectivity index (χ0n) is 12.9. The summed E-state index contributed by atoms with van der Waals surface area (Å²) in [7, 11) is 0. The van der Waals surface area contributed by atoms with E-state index in [4.69, 9.17) is 5.26 Å². The summed E-state index contributed by atoms with van der Waals surface area (Å²) in [6.45, 7) is 3.52. The van der Waals surface area contributed by atoms with Crippen LogP contribution in [0.5, 0.6) is 0 Å². The van der Waals surface area contributed by atoms with Crippen molar-refractivity contribution in [3.63, 3.8) is 0 Å². The number of aromatic amines is 1. The molecule has 1 aromatic carbocycles. The number of nitrogens with one attached hydrogen (secondary N) is 2. The van der Waals surface area contributed by atoms with Crippen molar-refractivity contribution >= 4 is 34.2 Å². The number of pyridine rings is 1. The molecule has 1 amide bonds. The molecule has 0 aliphatic rings. The zero-order valence-corrected chi connectivity index (χ0v) is 15.0. The van der Waals surface area contributed by atoms with Gasteiger partial charge in [-0.15, -0.1) is 0 Å². The lowest BCUT2D eigenvalue weighted by Gasteiger charge is -2.11. The largest absolute Gasteiger partial charge is 0.326 e. The van der Waals surface area contributed by atoms with E-state index in [-0.39, 0.29) is 23.5 Å². The van der Waals surface area contributed by atoms with Gasteiger partial charge in [-0.25, -0.2) is 0 Å². The molecular weight excluding hydrogens is 405 g/mol. The zero-order chi connectivity index (χ0) is 17.0. The highest BCUT2D eigenvalue weighted by atomic mass is 127. The second kappa shape index (κ2) is 7.42. The maximum atomic E-state index is 12.1. The highest BCUT2D eigenvalue weighted by molar-refractivity contribution is 14.1. The number of H-pyrrole nitrogens is 1. The van der Waals surface area contributed by atoms with Crippen LogP contribution in [0.15, 0.2) is 29.1 Å². The average Bonchev–Trinajstić information content (AvgIpc) is 2.47. The quantitative estimate of drug-likeness (QED) is 0.745. The van der Waals surface area contributed by atoms with E-state index in [2.05, 4.69) is 32.9 Å². The van der Waals surface area contributed by atoms with Crippen LogP contribution in [0, 0.1) is 28.7 Å². The van der Waals surface area contributed by atoms with Crippen molar-refractivity contribution < 1.29 is 4.79 Å². The van der Waals surface area contributed by atoms with Crippen molar-refractivity contribution in [2.24, 2.45) is 0 Å². The number of aryl methyl sites for hydroxylation is 1. The van der Waals surface area contributed by atoms with Crippen LogP contribution in [0.2, 0.25) is 0 Å². The molecule has 2 N–H and O–H groups in total. The molecule has 0 bridgehead atoms. The predicted molar refractivity (Wildman–Crippen MR) is 97.4 cm³/mol. The Morgan fingerprint density at radius 2 is 2.13 bits per heavy atom. The number of hydrogen-bond donors (Lipinski definition) is 2. The van der Waals surface area contributed by atoms with Crippen LogP contribution in [-0.2, 0) is 11.2 Å². The fourth-order valence-electron chi connectivity index (χ4n) is 2.45. The number of hydrogen-bond acceptors (Lipinski definition) is 3. The summed E-state index contributed by atoms with van der Waals surface area (Å²) in [5.41, 5.74) is 2.69. The fourth-order valence-corrected chi connectivity index (χ4v) is 2.99. The van der Waals surface area contributed by atoms with Crippen LogP contribution in [0.25, 0.3) is 0 Å². The molecule has 118 valence electrons. The van der Waals surface area contributed by atoms with Gasteiger partial charge in [0.05, 0.1) is 0 Å². The minimum absolute atomic E-state index is 0.101. The second-order valence-electron chi connectivity index (χ2n) is 5.23. The normalized spacial score (nSPS) is 10.2. The van der Waals surface area contributed by atoms with Gasteiger partial charge in [0, 0.05) is 21.4 Å². The maximum Gasteiger partial charge on any atom is 0.266 e. The predicted octanol–water partition coefficient (Wildman–Crippen LogP) is 3.04. The number of nitrogens with zero attached hydrogens (tertiary/aromatic N) is 1. The van der Waals surface area contributed by atoms with Gasteiger partial charge in [0.1, 0.15) is 11.6 Å². The highest BCUT2D eigenvalue weighted by Gasteiger charge is 2.13. The molecule has 0 saturated carbocycles. The van der Waals surface area contributed by atoms with Crippen molar-refractivity contribution in [3.8, 4) is 6.07 Å². The topological polar surface area (TPSA) is 85.8 Å². The first-order chi connectivity index (χ1) is 10.9. The number of nitriles is 1. The number of aromatic nitrogens is 1. The van der Waals surface area contributed by atoms with Gasteiger partial charge in [-0.05, 0) is 72.2 Å². The monoisotopic (exact) mass is 421 g/mol. The molecule has 0 fully saturated rings. The molecular formula is C17H16IN3O2. The van der Waals surface area contributed by atoms with Gasteiger partial charge in [-0.3, -0.25) is 9.59 Å². The summed E-state index contributed by atoms with van der Waals surface area (Å²) in [4.78, 5) is 26.5. The lowest BCUT2D eigenvalue weighted by molar-refractivity contribution is -0.116. The molecule has 0 atom stereocenters. The molecule has 2 aromatic rings. The molecule has 2 rings (SSSR count). The van der Waals surface area contributed by atoms with Gasteiger partial charge in [-0.1, -0.05) is 6.07 Å². The van der Waals surface area contributed by atoms with Gasteiger partial charge in [0.2, 0.25) is 5.91 Å². The number of carbonyl (C=O) groups excluding carboxylic acids is 1. The molecule has 6 heteroatoms. The number of rotatable bonds is 4. The van der Waals surface area contributed by atoms with Crippen LogP contribution in [0.3, 0.4) is 0 Å². The summed E-state index contributed by atoms with van der Waals surface area (Å²) in [5.74, 6) is -0.101. The third kappa shape index (κ3) is 4.20. The maximum absolute atomic E-state index is 12.1. The molecule has 0 radical (unpaired) electrons. The van der Waals surface area contributed by atoms with E-state index < -0.39 is 0 Å². The van der Waals surface area contributed by atoms with Crippen LogP contribution in [0.4, 0.5) is 5.69 Å². The molecule has 1 aromatic heterocycles. The summed E-state index contributed by atoms with van der Waals surface area (Å²) in [6.07, 6.45) is 0.753. The molecule has 0 spiro atoms. The van der Waals surface area contributed by atoms with Crippen molar-refractivity contribution in [2.75, 3.05) is 5.32 Å². The molecule has 23 heavy (non-hydrogen) atoms. The van der Waals surface area contributed by atoms with Crippen LogP contribution < -0.4 is 10.9 Å². The summed E-state index contributed by atoms with van der Waals surface area (Å²) in [5, 5.41) is 11.9. The number of anilines is 1. The van der Waals surface area contributed by atoms with E-state index in [0.29, 0.717) is 17.7 Å². The Balaban J connectivity index is 2.11. The van der Waals surface area contributed by atoms with Crippen molar-refractivity contribution in [3.05, 3.63) is 60.6 Å². The van der Waals surface area contributed by atoms with E-state index in [9.17, 15) is 9.59 Å². The minimum atomic E-state index is -0.380. The third-order valence-electron chi connectivity index (χ3n) is 3.63. The van der Waals surface area contributed by atoms with E-state index >= 15 is 0 Å². The smallest absolute Gasteiger partial charge is 0.266 e. The van der Waals surface area contributed by atoms with Gasteiger partial charge < -0.3 is 10.3 Å². The molecule has 0 aliphatic carbocycles. The number of halogens is 1. The molecule has 0 unspecified atom stereocenters. The van der Waals surface area contributed by atoms with Crippen LogP contribution in [-0.4, -0.2) is 10.9 Å². The lowest BCUT2D eigenvalue weighted by atomic mass is 9.99. The summed E-state index contributed by atoms with van der Waals surface area (Å²) >= 11 is 2.19. The van der Waals surface area contributed by atoms with Crippen molar-refractivity contribution in [2.45, 2.75) is 26.7 Å². The fraction of sp³-hybridized carbons (Fsp3) is 0.235. The van der Waals surface area contributed by atoms with Crippen molar-refractivity contribution in [1.82, 2.24) is 4.98 Å². The Labute approximate surface area is 147 Å². The molecule has 0 saturated heterocycles. The van der Waals surface area contributed by atoms with Gasteiger partial charge in [0.25, 0.3) is 5.56 Å². The van der Waals surface area contributed by atoms with E-state index in [1.165, 1.54) is 0 Å². The SMILES string of the molecule is Cc1[nH]c(=O)c(C#N)c(C)c1CCC(=O)Nc1cccc(I)c1. The number of amides is 1. The van der Waals surface area contributed by atoms with E-state index in [0.717, 1.165) is 14.8 Å². The Bertz CT molecular complexity index is 850. The second-order valence-corrected chi connectivity index (χ2v) is 6.47. The molecule has 5 nitrogen and oxygen atoms in total. The standard InChI is InChI=1S/C17H16IN3O2/c1-10-14(11(2)20-17(23)15(10)9-19)6-7-16(22)21-13-5-3-4-12(18)8-13/h3-5,8H,6-7H2,1-2H3,(H,20,23)(H,21,22). The molecule has 0 aliphatic heterocycles. The number of benzene rings is 1. The Morgan fingerprint density at radius 1 is 1.39 bits per heavy atom. The third-order valence-corrected chi connectivity index (χ3v) is 4.30. The molecule has 1 heterocycles. The van der Waals surface area contributed by atoms with Gasteiger partial charge in [-0.2, -0.15) is 5.26 Å². The lowest BCUT2D eigenvalue weighted by Crippen LogP contribution is -2.18. The first-order valence-electron chi connectivity index (χ1n) is 7.10. The number of carbonyl (C=O) groups is 1. The Kier molecular flexibility index (Phi) is 5.55. The average molecular weight is 421 g/mol. The summed E-state index contributed by atoms with van der Waals surface area (Å²) in [6, 6.07) is 9.48. The van der Waals surface area contributed by atoms with Crippen LogP contribution >= 0.6 is 22.6 Å². The van der Waals surface area contributed by atoms with Crippen molar-refractivity contribution in [1.29, 1.82) is 5.26 Å². The minimum Gasteiger partial charge on any atom is -0.326 e. The Morgan fingerprint density at radius 3 is 2.78 bits per heavy atom. The van der Waals surface area contributed by atoms with E-state index in [1.807, 2.05) is 30.3 Å². The highest BCUT2D eigenvalue weighted by Crippen LogP contribution is 2.16. The van der Waals surface area contributed by atoms with E-state index in [1.54, 1.807) is 13.8 Å². The van der Waals surface area contributed by atoms with Gasteiger partial charge in [0.15, 0.2) is 0 Å². The first kappa shape index (κ1) is 17.2. The first-order valence-corrected chi connectivity index (χ1v) is 8.18. The van der Waals surface area contributed by atoms with Gasteiger partial charge >= 0.3 is 0 Å².